The fourth-order valence-electron chi connectivity index (χ4n) is 4.22. The van der Waals surface area contributed by atoms with Crippen LogP contribution in [0, 0.1) is 10.1 Å². The summed E-state index contributed by atoms with van der Waals surface area (Å²) >= 11 is 6.20. The molecule has 0 unspecified atom stereocenters. The van der Waals surface area contributed by atoms with Gasteiger partial charge in [0, 0.05) is 71.1 Å². The molecule has 0 aliphatic carbocycles. The van der Waals surface area contributed by atoms with Gasteiger partial charge in [0.05, 0.1) is 21.6 Å². The average Bonchev–Trinajstić information content (AvgIpc) is 3.32. The fourth-order valence-corrected chi connectivity index (χ4v) is 4.39. The number of amides is 2. The number of imide groups is 1. The van der Waals surface area contributed by atoms with Gasteiger partial charge in [-0.05, 0) is 24.3 Å². The van der Waals surface area contributed by atoms with Crippen LogP contribution in [-0.4, -0.2) is 25.9 Å². The number of nitrogens with one attached hydrogen (secondary N) is 1. The highest BCUT2D eigenvalue weighted by atomic mass is 35.5. The Balaban J connectivity index is 1.84. The van der Waals surface area contributed by atoms with Crippen LogP contribution in [0.15, 0.2) is 48.8 Å². The summed E-state index contributed by atoms with van der Waals surface area (Å²) in [7, 11) is 3.59. The maximum atomic E-state index is 12.9. The van der Waals surface area contributed by atoms with Crippen LogP contribution in [0.25, 0.3) is 33.0 Å². The van der Waals surface area contributed by atoms with E-state index < -0.39 is 16.7 Å². The molecule has 3 heterocycles. The molecule has 8 nitrogen and oxygen atoms in total. The van der Waals surface area contributed by atoms with E-state index in [2.05, 4.69) is 5.32 Å². The Hall–Kier alpha value is -3.91. The molecule has 0 radical (unpaired) electrons. The third-order valence-electron chi connectivity index (χ3n) is 5.61. The third kappa shape index (κ3) is 2.76. The molecule has 9 heteroatoms. The summed E-state index contributed by atoms with van der Waals surface area (Å²) in [5.74, 6) is -1.00. The predicted octanol–water partition coefficient (Wildman–Crippen LogP) is 3.80. The van der Waals surface area contributed by atoms with Crippen LogP contribution in [0.1, 0.15) is 11.1 Å². The molecule has 1 N–H and O–H groups in total. The number of aromatic nitrogens is 2. The van der Waals surface area contributed by atoms with Crippen molar-refractivity contribution >= 4 is 62.1 Å². The molecule has 5 rings (SSSR count). The van der Waals surface area contributed by atoms with Crippen molar-refractivity contribution in [2.45, 2.75) is 0 Å². The van der Waals surface area contributed by atoms with Gasteiger partial charge in [0.25, 0.3) is 17.5 Å². The number of hydrogen-bond acceptors (Lipinski definition) is 4. The summed E-state index contributed by atoms with van der Waals surface area (Å²) in [6.07, 6.45) is 3.50. The topological polar surface area (TPSA) is 99.2 Å². The Morgan fingerprint density at radius 3 is 2.13 bits per heavy atom. The molecule has 0 atom stereocenters. The van der Waals surface area contributed by atoms with E-state index in [0.717, 1.165) is 10.9 Å². The van der Waals surface area contributed by atoms with Crippen molar-refractivity contribution in [3.63, 3.8) is 0 Å². The minimum Gasteiger partial charge on any atom is -0.350 e. The van der Waals surface area contributed by atoms with Crippen LogP contribution in [0.5, 0.6) is 0 Å². The lowest BCUT2D eigenvalue weighted by atomic mass is 9.95. The van der Waals surface area contributed by atoms with Gasteiger partial charge >= 0.3 is 0 Å². The first-order valence-corrected chi connectivity index (χ1v) is 9.73. The third-order valence-corrected chi connectivity index (χ3v) is 5.84. The summed E-state index contributed by atoms with van der Waals surface area (Å²) in [6.45, 7) is 0. The van der Waals surface area contributed by atoms with Crippen LogP contribution in [-0.2, 0) is 23.7 Å². The van der Waals surface area contributed by atoms with E-state index in [0.29, 0.717) is 27.1 Å². The van der Waals surface area contributed by atoms with Crippen molar-refractivity contribution < 1.29 is 14.5 Å². The van der Waals surface area contributed by atoms with Gasteiger partial charge in [-0.2, -0.15) is 0 Å². The highest BCUT2D eigenvalue weighted by Crippen LogP contribution is 2.39. The van der Waals surface area contributed by atoms with Gasteiger partial charge in [-0.15, -0.1) is 0 Å². The molecule has 2 aromatic carbocycles. The molecule has 0 saturated carbocycles. The normalized spacial score (nSPS) is 14.2. The van der Waals surface area contributed by atoms with Crippen molar-refractivity contribution in [2.75, 3.05) is 0 Å². The summed E-state index contributed by atoms with van der Waals surface area (Å²) in [5, 5.41) is 15.5. The van der Waals surface area contributed by atoms with Gasteiger partial charge < -0.3 is 9.13 Å². The number of carbonyl (C=O) groups excluding carboxylic acids is 2. The van der Waals surface area contributed by atoms with Crippen molar-refractivity contribution in [1.82, 2.24) is 14.5 Å². The number of rotatable bonds is 3. The van der Waals surface area contributed by atoms with E-state index in [1.807, 2.05) is 17.7 Å². The van der Waals surface area contributed by atoms with E-state index in [1.54, 1.807) is 42.2 Å². The molecule has 4 aromatic rings. The van der Waals surface area contributed by atoms with Gasteiger partial charge in [0.1, 0.15) is 0 Å². The van der Waals surface area contributed by atoms with Gasteiger partial charge in [-0.25, -0.2) is 0 Å². The number of aryl methyl sites for hydroxylation is 2. The number of carbonyl (C=O) groups is 2. The number of hydrogen-bond donors (Lipinski definition) is 1. The van der Waals surface area contributed by atoms with Crippen molar-refractivity contribution in [3.05, 3.63) is 75.1 Å². The zero-order chi connectivity index (χ0) is 22.0. The standard InChI is InChI=1S/C22H15ClN4O4/c1-25-10-16(14-7-11(23)3-6-17(14)25)20-19(21(28)24-22(20)29)15-9-26(2)18-8-12(27(30)31)4-5-13(15)18/h3-10H,1-2H3,(H,24,28,29). The second-order valence-corrected chi connectivity index (χ2v) is 7.90. The van der Waals surface area contributed by atoms with Gasteiger partial charge in [0.15, 0.2) is 0 Å². The number of halogens is 1. The number of nitro benzene ring substituents is 1. The highest BCUT2D eigenvalue weighted by molar-refractivity contribution is 6.51. The van der Waals surface area contributed by atoms with Crippen LogP contribution < -0.4 is 5.32 Å². The van der Waals surface area contributed by atoms with E-state index in [4.69, 9.17) is 11.6 Å². The number of non-ortho nitro benzene ring substituents is 1. The predicted molar refractivity (Wildman–Crippen MR) is 117 cm³/mol. The number of benzene rings is 2. The van der Waals surface area contributed by atoms with Crippen molar-refractivity contribution in [2.24, 2.45) is 14.1 Å². The number of nitro groups is 1. The molecule has 31 heavy (non-hydrogen) atoms. The SMILES string of the molecule is Cn1cc(C2=C(c3cn(C)c4cc([N+](=O)[O-])ccc34)C(=O)NC2=O)c2cc(Cl)ccc21. The smallest absolute Gasteiger partial charge is 0.271 e. The Labute approximate surface area is 180 Å². The van der Waals surface area contributed by atoms with E-state index in [1.165, 1.54) is 12.1 Å². The minimum atomic E-state index is -0.509. The first-order chi connectivity index (χ1) is 14.8. The van der Waals surface area contributed by atoms with Crippen molar-refractivity contribution in [3.8, 4) is 0 Å². The summed E-state index contributed by atoms with van der Waals surface area (Å²) in [4.78, 5) is 36.4. The maximum absolute atomic E-state index is 12.9. The summed E-state index contributed by atoms with van der Waals surface area (Å²) < 4.78 is 3.58. The molecular formula is C22H15ClN4O4. The fraction of sp³-hybridized carbons (Fsp3) is 0.0909. The molecule has 1 aliphatic rings. The monoisotopic (exact) mass is 434 g/mol. The molecule has 1 aliphatic heterocycles. The van der Waals surface area contributed by atoms with Crippen molar-refractivity contribution in [1.29, 1.82) is 0 Å². The summed E-state index contributed by atoms with van der Waals surface area (Å²) in [6, 6.07) is 9.82. The quantitative estimate of drug-likeness (QED) is 0.301. The van der Waals surface area contributed by atoms with Crippen LogP contribution >= 0.6 is 11.6 Å². The van der Waals surface area contributed by atoms with E-state index in [9.17, 15) is 19.7 Å². The molecule has 0 bridgehead atoms. The highest BCUT2D eigenvalue weighted by Gasteiger charge is 2.35. The van der Waals surface area contributed by atoms with Gasteiger partial charge in [-0.1, -0.05) is 11.6 Å². The molecule has 2 amide bonds. The maximum Gasteiger partial charge on any atom is 0.271 e. The van der Waals surface area contributed by atoms with E-state index in [-0.39, 0.29) is 16.8 Å². The lowest BCUT2D eigenvalue weighted by Crippen LogP contribution is -2.22. The Morgan fingerprint density at radius 1 is 0.871 bits per heavy atom. The number of nitrogens with zero attached hydrogens (tertiary/aromatic N) is 3. The van der Waals surface area contributed by atoms with Gasteiger partial charge in [0.2, 0.25) is 0 Å². The Bertz CT molecular complexity index is 1510. The Kier molecular flexibility index (Phi) is 4.03. The largest absolute Gasteiger partial charge is 0.350 e. The minimum absolute atomic E-state index is 0.0508. The van der Waals surface area contributed by atoms with Crippen LogP contribution in [0.3, 0.4) is 0 Å². The second kappa shape index (κ2) is 6.55. The molecule has 2 aromatic heterocycles. The Morgan fingerprint density at radius 2 is 1.48 bits per heavy atom. The molecule has 0 saturated heterocycles. The first-order valence-electron chi connectivity index (χ1n) is 9.35. The van der Waals surface area contributed by atoms with E-state index >= 15 is 0 Å². The van der Waals surface area contributed by atoms with Crippen LogP contribution in [0.4, 0.5) is 5.69 Å². The summed E-state index contributed by atoms with van der Waals surface area (Å²) in [5.41, 5.74) is 3.02. The molecule has 0 fully saturated rings. The molecule has 154 valence electrons. The second-order valence-electron chi connectivity index (χ2n) is 7.46. The lowest BCUT2D eigenvalue weighted by molar-refractivity contribution is -0.384. The first kappa shape index (κ1) is 19.1. The molecule has 0 spiro atoms. The van der Waals surface area contributed by atoms with Gasteiger partial charge in [-0.3, -0.25) is 25.0 Å². The lowest BCUT2D eigenvalue weighted by Gasteiger charge is -2.03. The zero-order valence-electron chi connectivity index (χ0n) is 16.5. The number of fused-ring (bicyclic) bond motifs is 2. The van der Waals surface area contributed by atoms with Crippen LogP contribution in [0.2, 0.25) is 5.02 Å². The zero-order valence-corrected chi connectivity index (χ0v) is 17.2. The molecular weight excluding hydrogens is 420 g/mol. The average molecular weight is 435 g/mol.